The van der Waals surface area contributed by atoms with Crippen LogP contribution in [0.15, 0.2) is 18.2 Å². The van der Waals surface area contributed by atoms with Gasteiger partial charge in [0.25, 0.3) is 0 Å². The molecule has 0 aliphatic carbocycles. The van der Waals surface area contributed by atoms with E-state index in [4.69, 9.17) is 29.0 Å². The molecule has 1 atom stereocenters. The summed E-state index contributed by atoms with van der Waals surface area (Å²) in [5.74, 6) is 6.55. The molecule has 0 bridgehead atoms. The van der Waals surface area contributed by atoms with E-state index < -0.39 is 0 Å². The Bertz CT molecular complexity index is 320. The molecule has 2 nitrogen and oxygen atoms in total. The smallest absolute Gasteiger partial charge is 0.0595 e. The van der Waals surface area contributed by atoms with E-state index in [0.717, 1.165) is 17.7 Å². The van der Waals surface area contributed by atoms with Crippen LogP contribution in [0, 0.1) is 0 Å². The van der Waals surface area contributed by atoms with Crippen molar-refractivity contribution < 1.29 is 0 Å². The first-order valence-electron chi connectivity index (χ1n) is 4.59. The normalized spacial score (nSPS) is 12.8. The van der Waals surface area contributed by atoms with Crippen molar-refractivity contribution in [2.45, 2.75) is 12.5 Å². The van der Waals surface area contributed by atoms with Crippen LogP contribution in [0.25, 0.3) is 0 Å². The molecule has 0 aliphatic heterocycles. The first-order chi connectivity index (χ1) is 7.19. The van der Waals surface area contributed by atoms with Gasteiger partial charge in [-0.15, -0.1) is 0 Å². The van der Waals surface area contributed by atoms with Crippen LogP contribution < -0.4 is 11.3 Å². The molecule has 0 radical (unpaired) electrons. The summed E-state index contributed by atoms with van der Waals surface area (Å²) in [7, 11) is 0. The van der Waals surface area contributed by atoms with Gasteiger partial charge in [-0.05, 0) is 36.1 Å². The van der Waals surface area contributed by atoms with Crippen molar-refractivity contribution in [3.63, 3.8) is 0 Å². The SMILES string of the molecule is CSCCC(NN)c1ccc(Cl)c(Cl)c1. The average Bonchev–Trinajstić information content (AvgIpc) is 2.24. The third kappa shape index (κ3) is 3.85. The van der Waals surface area contributed by atoms with Gasteiger partial charge in [0.05, 0.1) is 10.0 Å². The summed E-state index contributed by atoms with van der Waals surface area (Å²) in [5.41, 5.74) is 3.86. The lowest BCUT2D eigenvalue weighted by Crippen LogP contribution is -2.28. The second kappa shape index (κ2) is 6.61. The van der Waals surface area contributed by atoms with Crippen molar-refractivity contribution in [3.8, 4) is 0 Å². The molecule has 84 valence electrons. The Labute approximate surface area is 104 Å². The second-order valence-electron chi connectivity index (χ2n) is 3.17. The molecule has 1 unspecified atom stereocenters. The highest BCUT2D eigenvalue weighted by Gasteiger charge is 2.10. The van der Waals surface area contributed by atoms with Crippen molar-refractivity contribution in [2.24, 2.45) is 5.84 Å². The van der Waals surface area contributed by atoms with E-state index in [-0.39, 0.29) is 6.04 Å². The van der Waals surface area contributed by atoms with Crippen LogP contribution in [0.3, 0.4) is 0 Å². The Morgan fingerprint density at radius 2 is 2.13 bits per heavy atom. The van der Waals surface area contributed by atoms with Crippen molar-refractivity contribution >= 4 is 35.0 Å². The van der Waals surface area contributed by atoms with E-state index in [9.17, 15) is 0 Å². The van der Waals surface area contributed by atoms with Crippen LogP contribution in [0.1, 0.15) is 18.0 Å². The zero-order chi connectivity index (χ0) is 11.3. The van der Waals surface area contributed by atoms with Gasteiger partial charge in [0, 0.05) is 6.04 Å². The molecular weight excluding hydrogens is 251 g/mol. The van der Waals surface area contributed by atoms with Crippen molar-refractivity contribution in [1.29, 1.82) is 0 Å². The van der Waals surface area contributed by atoms with E-state index in [1.54, 1.807) is 17.8 Å². The maximum absolute atomic E-state index is 5.94. The van der Waals surface area contributed by atoms with Gasteiger partial charge < -0.3 is 0 Å². The molecule has 0 fully saturated rings. The highest BCUT2D eigenvalue weighted by Crippen LogP contribution is 2.27. The minimum Gasteiger partial charge on any atom is -0.271 e. The summed E-state index contributed by atoms with van der Waals surface area (Å²) in [6.45, 7) is 0. The zero-order valence-electron chi connectivity index (χ0n) is 8.47. The van der Waals surface area contributed by atoms with Crippen LogP contribution in [0.5, 0.6) is 0 Å². The third-order valence-electron chi connectivity index (χ3n) is 2.16. The minimum absolute atomic E-state index is 0.132. The predicted octanol–water partition coefficient (Wildman–Crippen LogP) is 3.25. The highest BCUT2D eigenvalue weighted by atomic mass is 35.5. The first-order valence-corrected chi connectivity index (χ1v) is 6.74. The number of rotatable bonds is 5. The number of thioether (sulfide) groups is 1. The van der Waals surface area contributed by atoms with Crippen LogP contribution >= 0.6 is 35.0 Å². The molecule has 0 saturated carbocycles. The fourth-order valence-electron chi connectivity index (χ4n) is 1.31. The lowest BCUT2D eigenvalue weighted by molar-refractivity contribution is 0.543. The van der Waals surface area contributed by atoms with Gasteiger partial charge in [0.15, 0.2) is 0 Å². The topological polar surface area (TPSA) is 38.0 Å². The van der Waals surface area contributed by atoms with Crippen LogP contribution in [0.2, 0.25) is 10.0 Å². The van der Waals surface area contributed by atoms with Gasteiger partial charge in [-0.2, -0.15) is 11.8 Å². The molecule has 1 rings (SSSR count). The minimum atomic E-state index is 0.132. The molecule has 0 aromatic heterocycles. The predicted molar refractivity (Wildman–Crippen MR) is 69.5 cm³/mol. The van der Waals surface area contributed by atoms with Gasteiger partial charge in [-0.1, -0.05) is 29.3 Å². The number of hydrazine groups is 1. The van der Waals surface area contributed by atoms with Crippen LogP contribution in [-0.4, -0.2) is 12.0 Å². The number of hydrogen-bond donors (Lipinski definition) is 2. The van der Waals surface area contributed by atoms with Crippen molar-refractivity contribution in [3.05, 3.63) is 33.8 Å². The maximum Gasteiger partial charge on any atom is 0.0595 e. The summed E-state index contributed by atoms with van der Waals surface area (Å²) in [6, 6.07) is 5.73. The quantitative estimate of drug-likeness (QED) is 0.634. The van der Waals surface area contributed by atoms with Crippen molar-refractivity contribution in [2.75, 3.05) is 12.0 Å². The van der Waals surface area contributed by atoms with E-state index in [1.165, 1.54) is 0 Å². The maximum atomic E-state index is 5.94. The van der Waals surface area contributed by atoms with Gasteiger partial charge in [-0.25, -0.2) is 0 Å². The van der Waals surface area contributed by atoms with Crippen LogP contribution in [-0.2, 0) is 0 Å². The molecule has 3 N–H and O–H groups in total. The van der Waals surface area contributed by atoms with Crippen molar-refractivity contribution in [1.82, 2.24) is 5.43 Å². The molecule has 0 aliphatic rings. The van der Waals surface area contributed by atoms with E-state index in [2.05, 4.69) is 11.7 Å². The molecule has 0 amide bonds. The fourth-order valence-corrected chi connectivity index (χ4v) is 2.09. The molecule has 1 aromatic carbocycles. The van der Waals surface area contributed by atoms with Gasteiger partial charge in [-0.3, -0.25) is 11.3 Å². The number of halogens is 2. The number of hydrogen-bond acceptors (Lipinski definition) is 3. The van der Waals surface area contributed by atoms with E-state index >= 15 is 0 Å². The van der Waals surface area contributed by atoms with Crippen LogP contribution in [0.4, 0.5) is 0 Å². The van der Waals surface area contributed by atoms with Gasteiger partial charge in [0.2, 0.25) is 0 Å². The average molecular weight is 265 g/mol. The Morgan fingerprint density at radius 1 is 1.40 bits per heavy atom. The van der Waals surface area contributed by atoms with E-state index in [0.29, 0.717) is 10.0 Å². The van der Waals surface area contributed by atoms with Gasteiger partial charge >= 0.3 is 0 Å². The fraction of sp³-hybridized carbons (Fsp3) is 0.400. The Kier molecular flexibility index (Phi) is 5.79. The monoisotopic (exact) mass is 264 g/mol. The molecule has 15 heavy (non-hydrogen) atoms. The third-order valence-corrected chi connectivity index (χ3v) is 3.54. The number of nitrogens with one attached hydrogen (secondary N) is 1. The summed E-state index contributed by atoms with van der Waals surface area (Å²) in [4.78, 5) is 0. The number of benzene rings is 1. The molecule has 0 heterocycles. The summed E-state index contributed by atoms with van der Waals surface area (Å²) in [5, 5.41) is 1.14. The Balaban J connectivity index is 2.78. The Hall–Kier alpha value is 0.0700. The second-order valence-corrected chi connectivity index (χ2v) is 4.97. The molecule has 5 heteroatoms. The summed E-state index contributed by atoms with van der Waals surface area (Å²) >= 11 is 13.6. The zero-order valence-corrected chi connectivity index (χ0v) is 10.8. The Morgan fingerprint density at radius 3 is 2.67 bits per heavy atom. The number of nitrogens with two attached hydrogens (primary N) is 1. The van der Waals surface area contributed by atoms with Gasteiger partial charge in [0.1, 0.15) is 0 Å². The molecule has 0 saturated heterocycles. The highest BCUT2D eigenvalue weighted by molar-refractivity contribution is 7.98. The summed E-state index contributed by atoms with van der Waals surface area (Å²) < 4.78 is 0. The largest absolute Gasteiger partial charge is 0.271 e. The first kappa shape index (κ1) is 13.1. The molecule has 0 spiro atoms. The van der Waals surface area contributed by atoms with E-state index in [1.807, 2.05) is 12.1 Å². The standard InChI is InChI=1S/C10H14Cl2N2S/c1-15-5-4-10(14-13)7-2-3-8(11)9(12)6-7/h2-3,6,10,14H,4-5,13H2,1H3. The lowest BCUT2D eigenvalue weighted by Gasteiger charge is -2.16. The molecular formula is C10H14Cl2N2S. The lowest BCUT2D eigenvalue weighted by atomic mass is 10.1. The summed E-state index contributed by atoms with van der Waals surface area (Å²) in [6.07, 6.45) is 3.04. The molecule has 1 aromatic rings.